The second kappa shape index (κ2) is 5.95. The molecular weight excluding hydrogens is 240 g/mol. The Morgan fingerprint density at radius 3 is 2.42 bits per heavy atom. The summed E-state index contributed by atoms with van der Waals surface area (Å²) in [5.41, 5.74) is 3.04. The SMILES string of the molecule is COc1cc(C)cc(C)c1CNC(=O)NC(C)(C)C. The van der Waals surface area contributed by atoms with E-state index in [0.717, 1.165) is 22.4 Å². The number of carbonyl (C=O) groups excluding carboxylic acids is 1. The van der Waals surface area contributed by atoms with Crippen LogP contribution in [0.15, 0.2) is 12.1 Å². The third-order valence-electron chi connectivity index (χ3n) is 2.71. The molecule has 0 heterocycles. The van der Waals surface area contributed by atoms with E-state index in [0.29, 0.717) is 6.54 Å². The van der Waals surface area contributed by atoms with Crippen LogP contribution in [0.5, 0.6) is 5.75 Å². The summed E-state index contributed by atoms with van der Waals surface area (Å²) in [6.45, 7) is 10.4. The molecule has 19 heavy (non-hydrogen) atoms. The van der Waals surface area contributed by atoms with Gasteiger partial charge in [0.05, 0.1) is 7.11 Å². The first-order valence-corrected chi connectivity index (χ1v) is 6.43. The fourth-order valence-electron chi connectivity index (χ4n) is 1.92. The highest BCUT2D eigenvalue weighted by Crippen LogP contribution is 2.23. The van der Waals surface area contributed by atoms with Gasteiger partial charge >= 0.3 is 6.03 Å². The maximum Gasteiger partial charge on any atom is 0.315 e. The number of urea groups is 1. The summed E-state index contributed by atoms with van der Waals surface area (Å²) >= 11 is 0. The maximum atomic E-state index is 11.7. The summed E-state index contributed by atoms with van der Waals surface area (Å²) in [5, 5.41) is 5.73. The van der Waals surface area contributed by atoms with Gasteiger partial charge in [0.2, 0.25) is 0 Å². The lowest BCUT2D eigenvalue weighted by Crippen LogP contribution is -2.46. The van der Waals surface area contributed by atoms with E-state index >= 15 is 0 Å². The standard InChI is InChI=1S/C15H24N2O2/c1-10-7-11(2)12(13(8-10)19-6)9-16-14(18)17-15(3,4)5/h7-8H,9H2,1-6H3,(H2,16,17,18). The van der Waals surface area contributed by atoms with Crippen LogP contribution in [0.1, 0.15) is 37.5 Å². The molecule has 0 spiro atoms. The van der Waals surface area contributed by atoms with E-state index in [1.54, 1.807) is 7.11 Å². The van der Waals surface area contributed by atoms with E-state index in [-0.39, 0.29) is 11.6 Å². The van der Waals surface area contributed by atoms with Gasteiger partial charge in [0, 0.05) is 17.6 Å². The Kier molecular flexibility index (Phi) is 4.81. The summed E-state index contributed by atoms with van der Waals surface area (Å²) in [7, 11) is 1.65. The van der Waals surface area contributed by atoms with Crippen molar-refractivity contribution in [2.45, 2.75) is 46.7 Å². The van der Waals surface area contributed by atoms with Gasteiger partial charge in [0.1, 0.15) is 5.75 Å². The predicted molar refractivity (Wildman–Crippen MR) is 77.6 cm³/mol. The topological polar surface area (TPSA) is 50.4 Å². The molecular formula is C15H24N2O2. The van der Waals surface area contributed by atoms with Crippen molar-refractivity contribution in [1.29, 1.82) is 0 Å². The molecule has 0 aliphatic carbocycles. The number of carbonyl (C=O) groups is 1. The highest BCUT2D eigenvalue weighted by Gasteiger charge is 2.14. The van der Waals surface area contributed by atoms with Crippen LogP contribution in [-0.4, -0.2) is 18.7 Å². The zero-order valence-electron chi connectivity index (χ0n) is 12.7. The summed E-state index contributed by atoms with van der Waals surface area (Å²) in [5.74, 6) is 0.813. The Balaban J connectivity index is 2.75. The summed E-state index contributed by atoms with van der Waals surface area (Å²) < 4.78 is 5.37. The van der Waals surface area contributed by atoms with Gasteiger partial charge in [-0.1, -0.05) is 6.07 Å². The monoisotopic (exact) mass is 264 g/mol. The second-order valence-corrected chi connectivity index (χ2v) is 5.82. The van der Waals surface area contributed by atoms with Gasteiger partial charge in [-0.2, -0.15) is 0 Å². The van der Waals surface area contributed by atoms with Gasteiger partial charge in [-0.25, -0.2) is 4.79 Å². The number of ether oxygens (including phenoxy) is 1. The van der Waals surface area contributed by atoms with Gasteiger partial charge in [-0.05, 0) is 51.8 Å². The Labute approximate surface area is 115 Å². The van der Waals surface area contributed by atoms with Crippen molar-refractivity contribution in [3.05, 3.63) is 28.8 Å². The van der Waals surface area contributed by atoms with E-state index in [1.165, 1.54) is 0 Å². The maximum absolute atomic E-state index is 11.7. The lowest BCUT2D eigenvalue weighted by molar-refractivity contribution is 0.231. The average Bonchev–Trinajstić information content (AvgIpc) is 2.24. The van der Waals surface area contributed by atoms with E-state index in [4.69, 9.17) is 4.74 Å². The van der Waals surface area contributed by atoms with Gasteiger partial charge in [-0.15, -0.1) is 0 Å². The van der Waals surface area contributed by atoms with Crippen molar-refractivity contribution in [2.24, 2.45) is 0 Å². The van der Waals surface area contributed by atoms with Crippen molar-refractivity contribution >= 4 is 6.03 Å². The Bertz CT molecular complexity index is 462. The average molecular weight is 264 g/mol. The molecule has 4 heteroatoms. The van der Waals surface area contributed by atoms with E-state index in [2.05, 4.69) is 16.7 Å². The lowest BCUT2D eigenvalue weighted by atomic mass is 10.0. The number of rotatable bonds is 3. The van der Waals surface area contributed by atoms with Crippen molar-refractivity contribution in [2.75, 3.05) is 7.11 Å². The largest absolute Gasteiger partial charge is 0.496 e. The zero-order valence-corrected chi connectivity index (χ0v) is 12.7. The number of hydrogen-bond donors (Lipinski definition) is 2. The van der Waals surface area contributed by atoms with Crippen molar-refractivity contribution < 1.29 is 9.53 Å². The molecule has 0 aromatic heterocycles. The number of methoxy groups -OCH3 is 1. The van der Waals surface area contributed by atoms with Crippen molar-refractivity contribution in [1.82, 2.24) is 10.6 Å². The third-order valence-corrected chi connectivity index (χ3v) is 2.71. The normalized spacial score (nSPS) is 11.1. The second-order valence-electron chi connectivity index (χ2n) is 5.82. The third kappa shape index (κ3) is 4.81. The number of benzene rings is 1. The molecule has 2 N–H and O–H groups in total. The van der Waals surface area contributed by atoms with Crippen LogP contribution in [0.2, 0.25) is 0 Å². The quantitative estimate of drug-likeness (QED) is 0.882. The van der Waals surface area contributed by atoms with Crippen LogP contribution in [0, 0.1) is 13.8 Å². The number of amides is 2. The molecule has 1 rings (SSSR count). The molecule has 0 unspecified atom stereocenters. The molecule has 0 aliphatic heterocycles. The first-order chi connectivity index (χ1) is 8.73. The van der Waals surface area contributed by atoms with Crippen LogP contribution in [0.25, 0.3) is 0 Å². The molecule has 1 aromatic carbocycles. The number of nitrogens with one attached hydrogen (secondary N) is 2. The molecule has 4 nitrogen and oxygen atoms in total. The van der Waals surface area contributed by atoms with Gasteiger partial charge in [-0.3, -0.25) is 0 Å². The molecule has 0 radical (unpaired) electrons. The lowest BCUT2D eigenvalue weighted by Gasteiger charge is -2.21. The number of aryl methyl sites for hydroxylation is 2. The van der Waals surface area contributed by atoms with Gasteiger partial charge in [0.15, 0.2) is 0 Å². The van der Waals surface area contributed by atoms with Crippen LogP contribution in [-0.2, 0) is 6.54 Å². The molecule has 0 fully saturated rings. The minimum absolute atomic E-state index is 0.172. The smallest absolute Gasteiger partial charge is 0.315 e. The Morgan fingerprint density at radius 2 is 1.89 bits per heavy atom. The molecule has 0 saturated heterocycles. The fraction of sp³-hybridized carbons (Fsp3) is 0.533. The minimum Gasteiger partial charge on any atom is -0.496 e. The van der Waals surface area contributed by atoms with Crippen molar-refractivity contribution in [3.8, 4) is 5.75 Å². The summed E-state index contributed by atoms with van der Waals surface area (Å²) in [6.07, 6.45) is 0. The minimum atomic E-state index is -0.240. The summed E-state index contributed by atoms with van der Waals surface area (Å²) in [6, 6.07) is 3.89. The van der Waals surface area contributed by atoms with Gasteiger partial charge < -0.3 is 15.4 Å². The Hall–Kier alpha value is -1.71. The van der Waals surface area contributed by atoms with Gasteiger partial charge in [0.25, 0.3) is 0 Å². The molecule has 0 aliphatic rings. The predicted octanol–water partition coefficient (Wildman–Crippen LogP) is 2.91. The van der Waals surface area contributed by atoms with Crippen molar-refractivity contribution in [3.63, 3.8) is 0 Å². The Morgan fingerprint density at radius 1 is 1.26 bits per heavy atom. The van der Waals surface area contributed by atoms with Crippen LogP contribution in [0.3, 0.4) is 0 Å². The summed E-state index contributed by atoms with van der Waals surface area (Å²) in [4.78, 5) is 11.7. The molecule has 1 aromatic rings. The van der Waals surface area contributed by atoms with Crippen LogP contribution >= 0.6 is 0 Å². The highest BCUT2D eigenvalue weighted by atomic mass is 16.5. The van der Waals surface area contributed by atoms with E-state index in [9.17, 15) is 4.79 Å². The molecule has 0 atom stereocenters. The molecule has 106 valence electrons. The molecule has 0 saturated carbocycles. The molecule has 0 bridgehead atoms. The zero-order chi connectivity index (χ0) is 14.6. The number of hydrogen-bond acceptors (Lipinski definition) is 2. The van der Waals surface area contributed by atoms with Crippen LogP contribution < -0.4 is 15.4 Å². The highest BCUT2D eigenvalue weighted by molar-refractivity contribution is 5.74. The first-order valence-electron chi connectivity index (χ1n) is 6.43. The van der Waals surface area contributed by atoms with E-state index in [1.807, 2.05) is 40.7 Å². The molecule has 2 amide bonds. The first kappa shape index (κ1) is 15.3. The van der Waals surface area contributed by atoms with Crippen LogP contribution in [0.4, 0.5) is 4.79 Å². The fourth-order valence-corrected chi connectivity index (χ4v) is 1.92. The van der Waals surface area contributed by atoms with E-state index < -0.39 is 0 Å².